The summed E-state index contributed by atoms with van der Waals surface area (Å²) in [6, 6.07) is 7.40. The van der Waals surface area contributed by atoms with E-state index in [9.17, 15) is 4.79 Å². The fourth-order valence-corrected chi connectivity index (χ4v) is 3.05. The van der Waals surface area contributed by atoms with Crippen LogP contribution in [0.5, 0.6) is 0 Å². The number of nitrogens with zero attached hydrogens (tertiary/aromatic N) is 5. The first-order chi connectivity index (χ1) is 10.1. The SMILES string of the molecule is C[C@@H]1C[C@H](C)CN(C(=O)c2ccc(-n3cnnn3)cc2)C1. The number of hydrogen-bond donors (Lipinski definition) is 0. The van der Waals surface area contributed by atoms with Gasteiger partial charge in [0.25, 0.3) is 5.91 Å². The van der Waals surface area contributed by atoms with Crippen LogP contribution >= 0.6 is 0 Å². The highest BCUT2D eigenvalue weighted by Gasteiger charge is 2.26. The number of rotatable bonds is 2. The van der Waals surface area contributed by atoms with Crippen LogP contribution in [0.25, 0.3) is 5.69 Å². The van der Waals surface area contributed by atoms with Gasteiger partial charge in [-0.2, -0.15) is 0 Å². The molecule has 2 aromatic rings. The molecule has 1 saturated heterocycles. The number of tetrazole rings is 1. The van der Waals surface area contributed by atoms with Gasteiger partial charge in [-0.05, 0) is 52.9 Å². The Balaban J connectivity index is 1.76. The van der Waals surface area contributed by atoms with E-state index in [1.54, 1.807) is 4.68 Å². The van der Waals surface area contributed by atoms with E-state index in [0.717, 1.165) is 18.8 Å². The largest absolute Gasteiger partial charge is 0.338 e. The maximum Gasteiger partial charge on any atom is 0.253 e. The summed E-state index contributed by atoms with van der Waals surface area (Å²) in [6.07, 6.45) is 2.73. The van der Waals surface area contributed by atoms with Crippen LogP contribution in [0.2, 0.25) is 0 Å². The van der Waals surface area contributed by atoms with Crippen molar-refractivity contribution < 1.29 is 4.79 Å². The number of piperidine rings is 1. The number of aromatic nitrogens is 4. The molecule has 0 spiro atoms. The zero-order chi connectivity index (χ0) is 14.8. The van der Waals surface area contributed by atoms with Crippen molar-refractivity contribution in [2.45, 2.75) is 20.3 Å². The third-order valence-electron chi connectivity index (χ3n) is 3.88. The zero-order valence-corrected chi connectivity index (χ0v) is 12.3. The Kier molecular flexibility index (Phi) is 3.68. The van der Waals surface area contributed by atoms with Crippen molar-refractivity contribution in [3.05, 3.63) is 36.2 Å². The van der Waals surface area contributed by atoms with Gasteiger partial charge in [0.15, 0.2) is 0 Å². The standard InChI is InChI=1S/C15H19N5O/c1-11-7-12(2)9-19(8-11)15(21)13-3-5-14(6-4-13)20-10-16-17-18-20/h3-6,10-12H,7-9H2,1-2H3/t11-,12+. The Morgan fingerprint density at radius 2 is 1.81 bits per heavy atom. The van der Waals surface area contributed by atoms with Gasteiger partial charge in [0.2, 0.25) is 0 Å². The van der Waals surface area contributed by atoms with E-state index in [2.05, 4.69) is 29.4 Å². The van der Waals surface area contributed by atoms with Gasteiger partial charge in [-0.3, -0.25) is 4.79 Å². The number of carbonyl (C=O) groups is 1. The molecule has 6 nitrogen and oxygen atoms in total. The third-order valence-corrected chi connectivity index (χ3v) is 3.88. The van der Waals surface area contributed by atoms with E-state index < -0.39 is 0 Å². The summed E-state index contributed by atoms with van der Waals surface area (Å²) < 4.78 is 1.57. The first-order valence-corrected chi connectivity index (χ1v) is 7.26. The summed E-state index contributed by atoms with van der Waals surface area (Å²) in [6.45, 7) is 6.10. The van der Waals surface area contributed by atoms with Gasteiger partial charge >= 0.3 is 0 Å². The van der Waals surface area contributed by atoms with Gasteiger partial charge in [-0.15, -0.1) is 5.10 Å². The van der Waals surface area contributed by atoms with Crippen molar-refractivity contribution in [2.75, 3.05) is 13.1 Å². The van der Waals surface area contributed by atoms with Crippen LogP contribution in [-0.4, -0.2) is 44.1 Å². The van der Waals surface area contributed by atoms with Crippen molar-refractivity contribution in [3.8, 4) is 5.69 Å². The summed E-state index contributed by atoms with van der Waals surface area (Å²) in [7, 11) is 0. The molecule has 0 aliphatic carbocycles. The van der Waals surface area contributed by atoms with E-state index in [-0.39, 0.29) is 5.91 Å². The van der Waals surface area contributed by atoms with E-state index in [4.69, 9.17) is 0 Å². The molecule has 1 aliphatic heterocycles. The van der Waals surface area contributed by atoms with Crippen molar-refractivity contribution in [1.82, 2.24) is 25.1 Å². The molecule has 1 aliphatic rings. The predicted molar refractivity (Wildman–Crippen MR) is 78.0 cm³/mol. The first kappa shape index (κ1) is 13.7. The molecular weight excluding hydrogens is 266 g/mol. The van der Waals surface area contributed by atoms with E-state index in [1.807, 2.05) is 29.2 Å². The number of amides is 1. The minimum atomic E-state index is 0.108. The predicted octanol–water partition coefficient (Wildman–Crippen LogP) is 1.78. The molecule has 1 aromatic carbocycles. The zero-order valence-electron chi connectivity index (χ0n) is 12.3. The highest BCUT2D eigenvalue weighted by Crippen LogP contribution is 2.22. The van der Waals surface area contributed by atoms with Gasteiger partial charge < -0.3 is 4.90 Å². The Morgan fingerprint density at radius 3 is 2.38 bits per heavy atom. The van der Waals surface area contributed by atoms with Crippen molar-refractivity contribution >= 4 is 5.91 Å². The molecule has 1 amide bonds. The molecule has 6 heteroatoms. The molecular formula is C15H19N5O. The summed E-state index contributed by atoms with van der Waals surface area (Å²) >= 11 is 0. The monoisotopic (exact) mass is 285 g/mol. The summed E-state index contributed by atoms with van der Waals surface area (Å²) in [4.78, 5) is 14.5. The second kappa shape index (κ2) is 5.63. The second-order valence-electron chi connectivity index (χ2n) is 5.96. The molecule has 2 atom stereocenters. The number of likely N-dealkylation sites (tertiary alicyclic amines) is 1. The minimum absolute atomic E-state index is 0.108. The molecule has 0 radical (unpaired) electrons. The lowest BCUT2D eigenvalue weighted by molar-refractivity contribution is 0.0623. The number of hydrogen-bond acceptors (Lipinski definition) is 4. The fraction of sp³-hybridized carbons (Fsp3) is 0.467. The molecule has 3 rings (SSSR count). The fourth-order valence-electron chi connectivity index (χ4n) is 3.05. The normalized spacial score (nSPS) is 22.3. The van der Waals surface area contributed by atoms with Gasteiger partial charge in [0, 0.05) is 18.7 Å². The molecule has 0 bridgehead atoms. The molecule has 0 N–H and O–H groups in total. The average Bonchev–Trinajstić information content (AvgIpc) is 3.00. The van der Waals surface area contributed by atoms with Crippen LogP contribution in [0.3, 0.4) is 0 Å². The summed E-state index contributed by atoms with van der Waals surface area (Å²) in [5.74, 6) is 1.24. The molecule has 0 saturated carbocycles. The molecule has 21 heavy (non-hydrogen) atoms. The molecule has 1 fully saturated rings. The van der Waals surface area contributed by atoms with E-state index in [0.29, 0.717) is 17.4 Å². The van der Waals surface area contributed by atoms with Gasteiger partial charge in [0.1, 0.15) is 6.33 Å². The van der Waals surface area contributed by atoms with Crippen molar-refractivity contribution in [3.63, 3.8) is 0 Å². The molecule has 2 heterocycles. The van der Waals surface area contributed by atoms with Crippen molar-refractivity contribution in [1.29, 1.82) is 0 Å². The Morgan fingerprint density at radius 1 is 1.14 bits per heavy atom. The van der Waals surface area contributed by atoms with Crippen LogP contribution in [0, 0.1) is 11.8 Å². The van der Waals surface area contributed by atoms with Crippen LogP contribution in [0.15, 0.2) is 30.6 Å². The minimum Gasteiger partial charge on any atom is -0.338 e. The van der Waals surface area contributed by atoms with Crippen LogP contribution in [-0.2, 0) is 0 Å². The molecule has 0 unspecified atom stereocenters. The van der Waals surface area contributed by atoms with Crippen LogP contribution in [0.4, 0.5) is 0 Å². The highest BCUT2D eigenvalue weighted by molar-refractivity contribution is 5.94. The first-order valence-electron chi connectivity index (χ1n) is 7.26. The second-order valence-corrected chi connectivity index (χ2v) is 5.96. The maximum atomic E-state index is 12.6. The summed E-state index contributed by atoms with van der Waals surface area (Å²) in [5.41, 5.74) is 1.56. The quantitative estimate of drug-likeness (QED) is 0.843. The topological polar surface area (TPSA) is 63.9 Å². The Hall–Kier alpha value is -2.24. The van der Waals surface area contributed by atoms with Gasteiger partial charge in [0.05, 0.1) is 5.69 Å². The lowest BCUT2D eigenvalue weighted by atomic mass is 9.91. The van der Waals surface area contributed by atoms with E-state index >= 15 is 0 Å². The summed E-state index contributed by atoms with van der Waals surface area (Å²) in [5, 5.41) is 11.0. The average molecular weight is 285 g/mol. The Labute approximate surface area is 123 Å². The van der Waals surface area contributed by atoms with Crippen LogP contribution < -0.4 is 0 Å². The van der Waals surface area contributed by atoms with Gasteiger partial charge in [-0.25, -0.2) is 4.68 Å². The Bertz CT molecular complexity index is 598. The van der Waals surface area contributed by atoms with E-state index in [1.165, 1.54) is 12.7 Å². The highest BCUT2D eigenvalue weighted by atomic mass is 16.2. The molecule has 1 aromatic heterocycles. The number of carbonyl (C=O) groups excluding carboxylic acids is 1. The van der Waals surface area contributed by atoms with Gasteiger partial charge in [-0.1, -0.05) is 13.8 Å². The number of benzene rings is 1. The smallest absolute Gasteiger partial charge is 0.253 e. The van der Waals surface area contributed by atoms with Crippen LogP contribution in [0.1, 0.15) is 30.6 Å². The lowest BCUT2D eigenvalue weighted by Gasteiger charge is -2.35. The third kappa shape index (κ3) is 2.94. The van der Waals surface area contributed by atoms with Crippen molar-refractivity contribution in [2.24, 2.45) is 11.8 Å². The maximum absolute atomic E-state index is 12.6. The lowest BCUT2D eigenvalue weighted by Crippen LogP contribution is -2.42. The molecule has 110 valence electrons.